The molecular formula is C24H30F2N4O. The quantitative estimate of drug-likeness (QED) is 0.671. The van der Waals surface area contributed by atoms with Crippen LogP contribution < -0.4 is 5.32 Å². The van der Waals surface area contributed by atoms with Gasteiger partial charge in [0, 0.05) is 57.3 Å². The summed E-state index contributed by atoms with van der Waals surface area (Å²) < 4.78 is 29.1. The predicted octanol–water partition coefficient (Wildman–Crippen LogP) is 4.83. The van der Waals surface area contributed by atoms with Crippen molar-refractivity contribution in [1.82, 2.24) is 9.88 Å². The zero-order chi connectivity index (χ0) is 22.6. The maximum absolute atomic E-state index is 15.3. The normalized spacial score (nSPS) is 17.9. The number of carbonyl (C=O) groups is 1. The Kier molecular flexibility index (Phi) is 6.84. The molecule has 1 saturated heterocycles. The summed E-state index contributed by atoms with van der Waals surface area (Å²) in [7, 11) is 1.72. The van der Waals surface area contributed by atoms with Gasteiger partial charge in [0.1, 0.15) is 11.5 Å². The molecule has 1 amide bonds. The molecule has 0 radical (unpaired) electrons. The number of likely N-dealkylation sites (tertiary alicyclic amines) is 1. The molecule has 2 heterocycles. The lowest BCUT2D eigenvalue weighted by molar-refractivity contribution is -0.130. The van der Waals surface area contributed by atoms with Crippen molar-refractivity contribution < 1.29 is 13.6 Å². The van der Waals surface area contributed by atoms with E-state index in [2.05, 4.69) is 15.3 Å². The van der Waals surface area contributed by atoms with Crippen LogP contribution in [0, 0.1) is 0 Å². The van der Waals surface area contributed by atoms with Crippen LogP contribution in [0.5, 0.6) is 0 Å². The van der Waals surface area contributed by atoms with E-state index in [0.29, 0.717) is 18.9 Å². The first-order valence-corrected chi connectivity index (χ1v) is 10.5. The topological polar surface area (TPSA) is 57.6 Å². The largest absolute Gasteiger partial charge is 0.308 e. The number of piperidine rings is 1. The Labute approximate surface area is 182 Å². The number of nitrogens with zero attached hydrogens (tertiary/aromatic N) is 3. The van der Waals surface area contributed by atoms with Gasteiger partial charge in [-0.2, -0.15) is 0 Å². The number of allylic oxidation sites excluding steroid dienone is 2. The molecule has 31 heavy (non-hydrogen) atoms. The lowest BCUT2D eigenvalue weighted by atomic mass is 9.91. The molecule has 166 valence electrons. The Bertz CT molecular complexity index is 1000. The van der Waals surface area contributed by atoms with Gasteiger partial charge in [0.05, 0.1) is 0 Å². The van der Waals surface area contributed by atoms with E-state index in [9.17, 15) is 9.18 Å². The standard InChI is InChI=1S/C24H30F2N4O/c1-5-17(14-27-4)18-6-7-19-15-28-21(13-20(19)12-18)29-22(31)24(26)8-10-30(11-9-24)16-23(2,3)25/h5-7,12-15H,8-11,16H2,1-4H3,(H,28,29,31)/b17-5+,27-14?. The number of rotatable bonds is 6. The molecule has 3 rings (SSSR count). The van der Waals surface area contributed by atoms with Crippen LogP contribution in [0.2, 0.25) is 0 Å². The molecule has 1 aliphatic heterocycles. The average molecular weight is 429 g/mol. The van der Waals surface area contributed by atoms with E-state index in [-0.39, 0.29) is 19.4 Å². The van der Waals surface area contributed by atoms with Gasteiger partial charge >= 0.3 is 0 Å². The summed E-state index contributed by atoms with van der Waals surface area (Å²) in [5, 5.41) is 4.44. The molecular weight excluding hydrogens is 398 g/mol. The number of hydrogen-bond donors (Lipinski definition) is 1. The minimum absolute atomic E-state index is 0.0354. The zero-order valence-corrected chi connectivity index (χ0v) is 18.6. The Morgan fingerprint density at radius 1 is 1.29 bits per heavy atom. The monoisotopic (exact) mass is 428 g/mol. The van der Waals surface area contributed by atoms with E-state index in [1.165, 1.54) is 13.8 Å². The molecule has 0 spiro atoms. The second-order valence-electron chi connectivity index (χ2n) is 8.68. The Hall–Kier alpha value is -2.67. The number of hydrogen-bond acceptors (Lipinski definition) is 4. The Balaban J connectivity index is 1.73. The number of benzene rings is 1. The van der Waals surface area contributed by atoms with E-state index in [1.807, 2.05) is 36.1 Å². The summed E-state index contributed by atoms with van der Waals surface area (Å²) in [6, 6.07) is 7.68. The molecule has 1 aliphatic rings. The van der Waals surface area contributed by atoms with Crippen LogP contribution in [0.25, 0.3) is 16.3 Å². The van der Waals surface area contributed by atoms with Gasteiger partial charge in [-0.3, -0.25) is 14.7 Å². The van der Waals surface area contributed by atoms with E-state index >= 15 is 4.39 Å². The van der Waals surface area contributed by atoms with Crippen LogP contribution in [-0.4, -0.2) is 60.0 Å². The second kappa shape index (κ2) is 9.22. The highest BCUT2D eigenvalue weighted by Crippen LogP contribution is 2.30. The molecule has 0 bridgehead atoms. The second-order valence-corrected chi connectivity index (χ2v) is 8.68. The SMILES string of the molecule is C/C=C(\C=NC)c1ccc2cnc(NC(=O)C3(F)CCN(CC(C)(C)F)CC3)cc2c1. The van der Waals surface area contributed by atoms with Crippen molar-refractivity contribution in [3.63, 3.8) is 0 Å². The van der Waals surface area contributed by atoms with Crippen LogP contribution >= 0.6 is 0 Å². The van der Waals surface area contributed by atoms with Crippen molar-refractivity contribution in [2.24, 2.45) is 4.99 Å². The number of halogens is 2. The number of carbonyl (C=O) groups excluding carboxylic acids is 1. The van der Waals surface area contributed by atoms with Gasteiger partial charge in [0.25, 0.3) is 5.91 Å². The van der Waals surface area contributed by atoms with Crippen molar-refractivity contribution in [3.8, 4) is 0 Å². The van der Waals surface area contributed by atoms with Gasteiger partial charge < -0.3 is 5.32 Å². The summed E-state index contributed by atoms with van der Waals surface area (Å²) in [4.78, 5) is 22.9. The van der Waals surface area contributed by atoms with Crippen LogP contribution in [0.4, 0.5) is 14.6 Å². The number of fused-ring (bicyclic) bond motifs is 1. The van der Waals surface area contributed by atoms with Crippen molar-refractivity contribution in [2.45, 2.75) is 45.0 Å². The van der Waals surface area contributed by atoms with Gasteiger partial charge in [-0.25, -0.2) is 13.8 Å². The number of amides is 1. The molecule has 1 aromatic heterocycles. The first-order valence-electron chi connectivity index (χ1n) is 10.5. The van der Waals surface area contributed by atoms with Crippen LogP contribution in [0.15, 0.2) is 41.5 Å². The van der Waals surface area contributed by atoms with Gasteiger partial charge in [0.15, 0.2) is 5.67 Å². The summed E-state index contributed by atoms with van der Waals surface area (Å²) in [6.07, 6.45) is 5.49. The van der Waals surface area contributed by atoms with Crippen LogP contribution in [-0.2, 0) is 4.79 Å². The highest BCUT2D eigenvalue weighted by atomic mass is 19.1. The molecule has 5 nitrogen and oxygen atoms in total. The maximum Gasteiger partial charge on any atom is 0.263 e. The smallest absolute Gasteiger partial charge is 0.263 e. The van der Waals surface area contributed by atoms with Gasteiger partial charge in [-0.15, -0.1) is 0 Å². The fourth-order valence-corrected chi connectivity index (χ4v) is 3.90. The molecule has 0 atom stereocenters. The molecule has 1 fully saturated rings. The predicted molar refractivity (Wildman–Crippen MR) is 123 cm³/mol. The molecule has 1 aromatic carbocycles. The fraction of sp³-hybridized carbons (Fsp3) is 0.458. The van der Waals surface area contributed by atoms with E-state index in [1.54, 1.807) is 25.5 Å². The maximum atomic E-state index is 15.3. The number of nitrogens with one attached hydrogen (secondary N) is 1. The number of aromatic nitrogens is 1. The molecule has 1 N–H and O–H groups in total. The summed E-state index contributed by atoms with van der Waals surface area (Å²) in [5.74, 6) is -0.382. The highest BCUT2D eigenvalue weighted by Gasteiger charge is 2.42. The zero-order valence-electron chi connectivity index (χ0n) is 18.6. The summed E-state index contributed by atoms with van der Waals surface area (Å²) >= 11 is 0. The lowest BCUT2D eigenvalue weighted by Crippen LogP contribution is -2.50. The molecule has 0 saturated carbocycles. The number of anilines is 1. The van der Waals surface area contributed by atoms with Crippen molar-refractivity contribution >= 4 is 34.3 Å². The third-order valence-electron chi connectivity index (χ3n) is 5.53. The fourth-order valence-electron chi connectivity index (χ4n) is 3.90. The van der Waals surface area contributed by atoms with Crippen molar-refractivity contribution in [2.75, 3.05) is 32.0 Å². The van der Waals surface area contributed by atoms with Gasteiger partial charge in [-0.1, -0.05) is 18.2 Å². The third-order valence-corrected chi connectivity index (χ3v) is 5.53. The van der Waals surface area contributed by atoms with Crippen molar-refractivity contribution in [3.05, 3.63) is 42.1 Å². The average Bonchev–Trinajstić information content (AvgIpc) is 2.72. The van der Waals surface area contributed by atoms with Crippen LogP contribution in [0.3, 0.4) is 0 Å². The van der Waals surface area contributed by atoms with E-state index < -0.39 is 17.2 Å². The van der Waals surface area contributed by atoms with Crippen molar-refractivity contribution in [1.29, 1.82) is 0 Å². The van der Waals surface area contributed by atoms with Gasteiger partial charge in [0.2, 0.25) is 0 Å². The number of aliphatic imine (C=N–C) groups is 1. The number of alkyl halides is 2. The minimum Gasteiger partial charge on any atom is -0.308 e. The first kappa shape index (κ1) is 23.0. The Morgan fingerprint density at radius 3 is 2.61 bits per heavy atom. The third kappa shape index (κ3) is 5.73. The summed E-state index contributed by atoms with van der Waals surface area (Å²) in [6.45, 7) is 5.87. The number of pyridine rings is 1. The Morgan fingerprint density at radius 2 is 2.00 bits per heavy atom. The summed E-state index contributed by atoms with van der Waals surface area (Å²) in [5.41, 5.74) is -1.35. The van der Waals surface area contributed by atoms with Crippen LogP contribution in [0.1, 0.15) is 39.2 Å². The molecule has 2 aromatic rings. The first-order chi connectivity index (χ1) is 14.6. The lowest BCUT2D eigenvalue weighted by Gasteiger charge is -2.37. The molecule has 0 aliphatic carbocycles. The molecule has 0 unspecified atom stereocenters. The highest BCUT2D eigenvalue weighted by molar-refractivity contribution is 6.10. The van der Waals surface area contributed by atoms with E-state index in [4.69, 9.17) is 0 Å². The minimum atomic E-state index is -1.98. The molecule has 7 heteroatoms. The van der Waals surface area contributed by atoms with Gasteiger partial charge in [-0.05, 0) is 49.4 Å². The van der Waals surface area contributed by atoms with E-state index in [0.717, 1.165) is 21.9 Å².